The van der Waals surface area contributed by atoms with Crippen LogP contribution in [0.3, 0.4) is 0 Å². The lowest BCUT2D eigenvalue weighted by Crippen LogP contribution is -2.56. The molecule has 1 unspecified atom stereocenters. The van der Waals surface area contributed by atoms with Gasteiger partial charge in [0, 0.05) is 23.4 Å². The van der Waals surface area contributed by atoms with Crippen LogP contribution >= 0.6 is 11.8 Å². The van der Waals surface area contributed by atoms with Crippen LogP contribution in [0, 0.1) is 20.8 Å². The number of phenolic OH excluding ortho intramolecular Hbond substituents is 1. The molecule has 1 saturated heterocycles. The predicted octanol–water partition coefficient (Wildman–Crippen LogP) is 3.24. The van der Waals surface area contributed by atoms with E-state index >= 15 is 0 Å². The number of aliphatic hydroxyl groups is 1. The van der Waals surface area contributed by atoms with E-state index in [0.29, 0.717) is 17.9 Å². The lowest BCUT2D eigenvalue weighted by atomic mass is 9.98. The number of thioether (sulfide) groups is 1. The normalized spacial score (nSPS) is 16.3. The summed E-state index contributed by atoms with van der Waals surface area (Å²) in [6.07, 6.45) is -1.39. The summed E-state index contributed by atoms with van der Waals surface area (Å²) in [6.45, 7) is 5.96. The molecule has 8 nitrogen and oxygen atoms in total. The number of aryl methyl sites for hydroxylation is 2. The van der Waals surface area contributed by atoms with Gasteiger partial charge in [0.05, 0.1) is 11.9 Å². The number of benzene rings is 3. The lowest BCUT2D eigenvalue weighted by molar-refractivity contribution is -0.146. The van der Waals surface area contributed by atoms with Gasteiger partial charge < -0.3 is 25.7 Å². The minimum Gasteiger partial charge on any atom is -0.508 e. The zero-order valence-corrected chi connectivity index (χ0v) is 23.7. The molecule has 3 amide bonds. The van der Waals surface area contributed by atoms with Crippen molar-refractivity contribution in [1.82, 2.24) is 15.5 Å². The van der Waals surface area contributed by atoms with E-state index in [1.54, 1.807) is 19.1 Å². The van der Waals surface area contributed by atoms with Crippen LogP contribution in [-0.4, -0.2) is 62.7 Å². The number of nitrogens with one attached hydrogen (secondary N) is 2. The van der Waals surface area contributed by atoms with Gasteiger partial charge in [-0.15, -0.1) is 11.8 Å². The highest BCUT2D eigenvalue weighted by molar-refractivity contribution is 7.99. The number of amides is 3. The molecule has 1 aliphatic heterocycles. The molecule has 3 aromatic carbocycles. The minimum atomic E-state index is -1.59. The van der Waals surface area contributed by atoms with Gasteiger partial charge >= 0.3 is 0 Å². The first kappa shape index (κ1) is 29.2. The number of carbonyl (C=O) groups excluding carboxylic acids is 3. The Bertz CT molecular complexity index is 1360. The first-order chi connectivity index (χ1) is 19.2. The summed E-state index contributed by atoms with van der Waals surface area (Å²) in [5, 5.41) is 27.1. The highest BCUT2D eigenvalue weighted by Gasteiger charge is 2.40. The van der Waals surface area contributed by atoms with Gasteiger partial charge in [0.2, 0.25) is 5.91 Å². The van der Waals surface area contributed by atoms with Crippen LogP contribution in [0.1, 0.15) is 38.2 Å². The molecule has 3 aromatic rings. The maximum Gasteiger partial charge on any atom is 0.254 e. The third-order valence-corrected chi connectivity index (χ3v) is 8.36. The quantitative estimate of drug-likeness (QED) is 0.319. The van der Waals surface area contributed by atoms with Crippen molar-refractivity contribution < 1.29 is 24.6 Å². The van der Waals surface area contributed by atoms with Crippen LogP contribution in [0.4, 0.5) is 0 Å². The monoisotopic (exact) mass is 561 g/mol. The summed E-state index contributed by atoms with van der Waals surface area (Å²) in [7, 11) is 0. The van der Waals surface area contributed by atoms with Crippen LogP contribution in [0.25, 0.3) is 0 Å². The van der Waals surface area contributed by atoms with Crippen LogP contribution in [0.15, 0.2) is 66.7 Å². The maximum absolute atomic E-state index is 13.6. The number of hydrogen-bond donors (Lipinski definition) is 4. The number of nitrogens with zero attached hydrogens (tertiary/aromatic N) is 1. The van der Waals surface area contributed by atoms with Crippen LogP contribution in [-0.2, 0) is 22.6 Å². The van der Waals surface area contributed by atoms with E-state index in [1.807, 2.05) is 62.4 Å². The first-order valence-electron chi connectivity index (χ1n) is 13.2. The molecule has 4 rings (SSSR count). The summed E-state index contributed by atoms with van der Waals surface area (Å²) in [5.74, 6) is -0.768. The molecule has 0 aromatic heterocycles. The average molecular weight is 562 g/mol. The molecule has 0 bridgehead atoms. The topological polar surface area (TPSA) is 119 Å². The summed E-state index contributed by atoms with van der Waals surface area (Å²) in [5.41, 5.74) is 4.66. The molecule has 40 heavy (non-hydrogen) atoms. The van der Waals surface area contributed by atoms with E-state index in [0.717, 1.165) is 22.3 Å². The van der Waals surface area contributed by atoms with E-state index < -0.39 is 30.0 Å². The Kier molecular flexibility index (Phi) is 9.50. The van der Waals surface area contributed by atoms with E-state index in [-0.39, 0.29) is 29.5 Å². The van der Waals surface area contributed by atoms with Crippen molar-refractivity contribution in [2.24, 2.45) is 0 Å². The van der Waals surface area contributed by atoms with Gasteiger partial charge in [-0.1, -0.05) is 54.6 Å². The number of aromatic hydroxyl groups is 1. The van der Waals surface area contributed by atoms with Gasteiger partial charge in [-0.3, -0.25) is 14.4 Å². The number of hydrogen-bond acceptors (Lipinski definition) is 6. The highest BCUT2D eigenvalue weighted by atomic mass is 32.2. The molecule has 3 atom stereocenters. The smallest absolute Gasteiger partial charge is 0.254 e. The molecule has 1 aliphatic rings. The highest BCUT2D eigenvalue weighted by Crippen LogP contribution is 2.24. The van der Waals surface area contributed by atoms with Crippen molar-refractivity contribution in [3.05, 3.63) is 100 Å². The summed E-state index contributed by atoms with van der Waals surface area (Å²) in [4.78, 5) is 41.4. The second kappa shape index (κ2) is 13.0. The van der Waals surface area contributed by atoms with Gasteiger partial charge in [0.15, 0.2) is 6.10 Å². The Hall–Kier alpha value is -3.82. The molecular formula is C31H35N3O5S. The molecule has 0 saturated carbocycles. The van der Waals surface area contributed by atoms with Gasteiger partial charge in [-0.05, 0) is 61.6 Å². The van der Waals surface area contributed by atoms with Gasteiger partial charge in [0.25, 0.3) is 11.8 Å². The number of rotatable bonds is 9. The summed E-state index contributed by atoms with van der Waals surface area (Å²) in [6, 6.07) is 18.1. The third-order valence-electron chi connectivity index (χ3n) is 7.35. The SMILES string of the molecule is Cc1cccc(C)c1CNC(=O)C1CSCN1C(=O)[C@@H](O)[C@H](Cc1ccccc1)NC(=O)c1cccc(O)c1C. The summed E-state index contributed by atoms with van der Waals surface area (Å²) < 4.78 is 0. The lowest BCUT2D eigenvalue weighted by Gasteiger charge is -2.30. The average Bonchev–Trinajstić information content (AvgIpc) is 3.44. The van der Waals surface area contributed by atoms with Crippen molar-refractivity contribution in [2.75, 3.05) is 11.6 Å². The largest absolute Gasteiger partial charge is 0.508 e. The zero-order valence-electron chi connectivity index (χ0n) is 22.9. The minimum absolute atomic E-state index is 0.0206. The molecule has 0 radical (unpaired) electrons. The Morgan fingerprint density at radius 1 is 0.975 bits per heavy atom. The van der Waals surface area contributed by atoms with Gasteiger partial charge in [-0.25, -0.2) is 0 Å². The standard InChI is InChI=1S/C31H35N3O5S/c1-19-9-7-10-20(2)24(19)16-32-30(38)26-17-40-18-34(26)31(39)28(36)25(15-22-11-5-4-6-12-22)33-29(37)23-13-8-14-27(35)21(23)3/h4-14,25-26,28,35-36H,15-18H2,1-3H3,(H,32,38)(H,33,37)/t25-,26?,28-/m0/s1. The zero-order chi connectivity index (χ0) is 28.8. The van der Waals surface area contributed by atoms with Crippen LogP contribution in [0.5, 0.6) is 5.75 Å². The second-order valence-electron chi connectivity index (χ2n) is 10.1. The molecule has 0 aliphatic carbocycles. The van der Waals surface area contributed by atoms with Crippen molar-refractivity contribution in [2.45, 2.75) is 51.9 Å². The predicted molar refractivity (Wildman–Crippen MR) is 156 cm³/mol. The van der Waals surface area contributed by atoms with Crippen molar-refractivity contribution >= 4 is 29.5 Å². The van der Waals surface area contributed by atoms with Crippen LogP contribution in [0.2, 0.25) is 0 Å². The number of phenols is 1. The Labute approximate surface area is 238 Å². The van der Waals surface area contributed by atoms with Crippen molar-refractivity contribution in [1.29, 1.82) is 0 Å². The van der Waals surface area contributed by atoms with E-state index in [9.17, 15) is 24.6 Å². The van der Waals surface area contributed by atoms with Crippen molar-refractivity contribution in [3.8, 4) is 5.75 Å². The second-order valence-corrected chi connectivity index (χ2v) is 11.1. The Morgan fingerprint density at radius 2 is 1.65 bits per heavy atom. The Morgan fingerprint density at radius 3 is 2.35 bits per heavy atom. The van der Waals surface area contributed by atoms with E-state index in [2.05, 4.69) is 10.6 Å². The van der Waals surface area contributed by atoms with Crippen LogP contribution < -0.4 is 10.6 Å². The van der Waals surface area contributed by atoms with E-state index in [4.69, 9.17) is 0 Å². The first-order valence-corrected chi connectivity index (χ1v) is 14.3. The fourth-order valence-electron chi connectivity index (χ4n) is 4.87. The number of carbonyl (C=O) groups is 3. The maximum atomic E-state index is 13.6. The van der Waals surface area contributed by atoms with Gasteiger partial charge in [-0.2, -0.15) is 0 Å². The fourth-order valence-corrected chi connectivity index (χ4v) is 6.03. The molecule has 1 heterocycles. The summed E-state index contributed by atoms with van der Waals surface area (Å²) >= 11 is 1.44. The molecule has 0 spiro atoms. The van der Waals surface area contributed by atoms with Crippen molar-refractivity contribution in [3.63, 3.8) is 0 Å². The third kappa shape index (κ3) is 6.66. The molecular weight excluding hydrogens is 526 g/mol. The van der Waals surface area contributed by atoms with E-state index in [1.165, 1.54) is 22.7 Å². The molecule has 4 N–H and O–H groups in total. The fraction of sp³-hybridized carbons (Fsp3) is 0.323. The Balaban J connectivity index is 1.50. The molecule has 9 heteroatoms. The molecule has 1 fully saturated rings. The number of aliphatic hydroxyl groups excluding tert-OH is 1. The molecule has 210 valence electrons. The van der Waals surface area contributed by atoms with Gasteiger partial charge in [0.1, 0.15) is 11.8 Å².